The summed E-state index contributed by atoms with van der Waals surface area (Å²) < 4.78 is 13.2. The summed E-state index contributed by atoms with van der Waals surface area (Å²) in [5, 5.41) is 6.10. The number of carbonyl (C=O) groups is 3. The zero-order chi connectivity index (χ0) is 25.5. The summed E-state index contributed by atoms with van der Waals surface area (Å²) >= 11 is 0. The highest BCUT2D eigenvalue weighted by atomic mass is 19.1. The molecule has 4 amide bonds. The van der Waals surface area contributed by atoms with Gasteiger partial charge >= 0.3 is 6.03 Å². The average Bonchev–Trinajstić information content (AvgIpc) is 2.83. The molecule has 1 aromatic carbocycles. The average molecular weight is 490 g/mol. The molecule has 194 valence electrons. The smallest absolute Gasteiger partial charge is 0.334 e. The van der Waals surface area contributed by atoms with Crippen LogP contribution in [-0.2, 0) is 16.1 Å². The number of halogens is 1. The van der Waals surface area contributed by atoms with Gasteiger partial charge in [-0.05, 0) is 36.5 Å². The van der Waals surface area contributed by atoms with Crippen molar-refractivity contribution in [1.82, 2.24) is 25.1 Å². The molecule has 1 N–H and O–H groups in total. The third-order valence-corrected chi connectivity index (χ3v) is 7.09. The minimum Gasteiger partial charge on any atom is -0.337 e. The number of nitrogens with zero attached hydrogens (tertiary/aromatic N) is 4. The van der Waals surface area contributed by atoms with Crippen molar-refractivity contribution in [2.24, 2.45) is 5.92 Å². The van der Waals surface area contributed by atoms with Gasteiger partial charge in [0.25, 0.3) is 0 Å². The van der Waals surface area contributed by atoms with E-state index in [1.807, 2.05) is 11.8 Å². The SMILES string of the molecule is CCCCC(CC)CN1CC2N(C(=O)CN(C)N2C(=O)NCc2ccc(F)cc2)[C@@H](CCC)C1=O. The number of nitrogens with one attached hydrogen (secondary N) is 1. The third-order valence-electron chi connectivity index (χ3n) is 7.09. The Morgan fingerprint density at radius 1 is 1.14 bits per heavy atom. The van der Waals surface area contributed by atoms with Crippen LogP contribution in [0.25, 0.3) is 0 Å². The van der Waals surface area contributed by atoms with Gasteiger partial charge in [0.2, 0.25) is 11.8 Å². The number of hydrogen-bond donors (Lipinski definition) is 1. The van der Waals surface area contributed by atoms with Gasteiger partial charge in [-0.1, -0.05) is 58.6 Å². The van der Waals surface area contributed by atoms with E-state index in [0.29, 0.717) is 25.4 Å². The minimum atomic E-state index is -0.563. The summed E-state index contributed by atoms with van der Waals surface area (Å²) in [7, 11) is 1.72. The highest BCUT2D eigenvalue weighted by Crippen LogP contribution is 2.29. The topological polar surface area (TPSA) is 76.2 Å². The Balaban J connectivity index is 1.82. The van der Waals surface area contributed by atoms with Gasteiger partial charge in [-0.25, -0.2) is 19.2 Å². The molecule has 8 nitrogen and oxygen atoms in total. The van der Waals surface area contributed by atoms with E-state index in [1.165, 1.54) is 12.1 Å². The molecule has 0 aliphatic carbocycles. The molecule has 3 atom stereocenters. The van der Waals surface area contributed by atoms with Crippen LogP contribution in [0, 0.1) is 11.7 Å². The van der Waals surface area contributed by atoms with E-state index in [-0.39, 0.29) is 36.8 Å². The highest BCUT2D eigenvalue weighted by molar-refractivity contribution is 5.91. The lowest BCUT2D eigenvalue weighted by atomic mass is 9.96. The fraction of sp³-hybridized carbons (Fsp3) is 0.654. The summed E-state index contributed by atoms with van der Waals surface area (Å²) in [6.07, 6.45) is 5.04. The Kier molecular flexibility index (Phi) is 9.48. The first-order valence-corrected chi connectivity index (χ1v) is 12.9. The highest BCUT2D eigenvalue weighted by Gasteiger charge is 2.50. The number of urea groups is 1. The number of unbranched alkanes of at least 4 members (excludes halogenated alkanes) is 1. The second-order valence-corrected chi connectivity index (χ2v) is 9.69. The molecule has 3 rings (SSSR count). The van der Waals surface area contributed by atoms with E-state index in [1.54, 1.807) is 34.1 Å². The molecule has 2 aliphatic heterocycles. The minimum absolute atomic E-state index is 0.0115. The monoisotopic (exact) mass is 489 g/mol. The Bertz CT molecular complexity index is 880. The third kappa shape index (κ3) is 6.31. The van der Waals surface area contributed by atoms with E-state index < -0.39 is 12.2 Å². The van der Waals surface area contributed by atoms with Gasteiger partial charge in [-0.2, -0.15) is 0 Å². The van der Waals surface area contributed by atoms with E-state index >= 15 is 0 Å². The van der Waals surface area contributed by atoms with Gasteiger partial charge in [-0.15, -0.1) is 0 Å². The van der Waals surface area contributed by atoms with Crippen LogP contribution in [0.15, 0.2) is 24.3 Å². The first-order chi connectivity index (χ1) is 16.8. The molecule has 1 aromatic rings. The van der Waals surface area contributed by atoms with Crippen molar-refractivity contribution in [3.63, 3.8) is 0 Å². The van der Waals surface area contributed by atoms with Crippen LogP contribution >= 0.6 is 0 Å². The van der Waals surface area contributed by atoms with Crippen molar-refractivity contribution in [1.29, 1.82) is 0 Å². The van der Waals surface area contributed by atoms with Gasteiger partial charge in [-0.3, -0.25) is 9.59 Å². The van der Waals surface area contributed by atoms with Crippen LogP contribution in [0.2, 0.25) is 0 Å². The number of carbonyl (C=O) groups excluding carboxylic acids is 3. The van der Waals surface area contributed by atoms with Crippen LogP contribution in [0.3, 0.4) is 0 Å². The van der Waals surface area contributed by atoms with Crippen molar-refractivity contribution in [3.05, 3.63) is 35.6 Å². The van der Waals surface area contributed by atoms with Gasteiger partial charge in [0, 0.05) is 20.1 Å². The molecule has 2 heterocycles. The number of hydrazine groups is 1. The summed E-state index contributed by atoms with van der Waals surface area (Å²) in [4.78, 5) is 43.4. The van der Waals surface area contributed by atoms with Crippen LogP contribution in [0.5, 0.6) is 0 Å². The van der Waals surface area contributed by atoms with Gasteiger partial charge < -0.3 is 15.1 Å². The lowest BCUT2D eigenvalue weighted by Crippen LogP contribution is -2.76. The number of fused-ring (bicyclic) bond motifs is 1. The molecule has 9 heteroatoms. The standard InChI is InChI=1S/C26H40FN5O3/c1-5-8-10-19(7-3)16-30-17-23-31(22(9-6-2)25(30)34)24(33)18-29(4)32(23)26(35)28-15-20-11-13-21(27)14-12-20/h11-14,19,22-23H,5-10,15-18H2,1-4H3,(H,28,35)/t19?,22-,23?/m0/s1. The Morgan fingerprint density at radius 3 is 2.49 bits per heavy atom. The number of likely N-dealkylation sites (N-methyl/N-ethyl adjacent to an activating group) is 1. The molecule has 2 saturated heterocycles. The number of hydrogen-bond acceptors (Lipinski definition) is 4. The lowest BCUT2D eigenvalue weighted by Gasteiger charge is -2.54. The van der Waals surface area contributed by atoms with Gasteiger partial charge in [0.1, 0.15) is 18.0 Å². The molecule has 35 heavy (non-hydrogen) atoms. The van der Waals surface area contributed by atoms with Crippen molar-refractivity contribution in [2.75, 3.05) is 26.7 Å². The molecule has 0 radical (unpaired) electrons. The molecular weight excluding hydrogens is 449 g/mol. The summed E-state index contributed by atoms with van der Waals surface area (Å²) in [5.74, 6) is -0.0825. The lowest BCUT2D eigenvalue weighted by molar-refractivity contribution is -0.188. The number of piperazine rings is 1. The fourth-order valence-corrected chi connectivity index (χ4v) is 5.11. The predicted octanol–water partition coefficient (Wildman–Crippen LogP) is 3.58. The first kappa shape index (κ1) is 26.9. The van der Waals surface area contributed by atoms with Crippen LogP contribution in [-0.4, -0.2) is 76.6 Å². The second kappa shape index (κ2) is 12.3. The zero-order valence-electron chi connectivity index (χ0n) is 21.5. The molecule has 0 saturated carbocycles. The van der Waals surface area contributed by atoms with E-state index in [4.69, 9.17) is 0 Å². The zero-order valence-corrected chi connectivity index (χ0v) is 21.5. The molecular formula is C26H40FN5O3. The van der Waals surface area contributed by atoms with E-state index in [2.05, 4.69) is 19.2 Å². The van der Waals surface area contributed by atoms with Crippen LogP contribution < -0.4 is 5.32 Å². The molecule has 2 fully saturated rings. The first-order valence-electron chi connectivity index (χ1n) is 12.9. The van der Waals surface area contributed by atoms with E-state index in [9.17, 15) is 18.8 Å². The molecule has 0 spiro atoms. The van der Waals surface area contributed by atoms with Crippen LogP contribution in [0.4, 0.5) is 9.18 Å². The van der Waals surface area contributed by atoms with E-state index in [0.717, 1.165) is 37.7 Å². The fourth-order valence-electron chi connectivity index (χ4n) is 5.11. The summed E-state index contributed by atoms with van der Waals surface area (Å²) in [6.45, 7) is 7.52. The maximum Gasteiger partial charge on any atom is 0.334 e. The Labute approximate surface area is 208 Å². The number of amides is 4. The van der Waals surface area contributed by atoms with Crippen LogP contribution in [0.1, 0.15) is 64.9 Å². The Hall–Kier alpha value is -2.68. The normalized spacial score (nSPS) is 21.8. The maximum atomic E-state index is 13.5. The Morgan fingerprint density at radius 2 is 1.86 bits per heavy atom. The van der Waals surface area contributed by atoms with Crippen molar-refractivity contribution in [2.45, 2.75) is 78.0 Å². The van der Waals surface area contributed by atoms with Crippen molar-refractivity contribution >= 4 is 17.8 Å². The van der Waals surface area contributed by atoms with Crippen molar-refractivity contribution in [3.8, 4) is 0 Å². The predicted molar refractivity (Wildman–Crippen MR) is 132 cm³/mol. The number of rotatable bonds is 10. The van der Waals surface area contributed by atoms with Gasteiger partial charge in [0.15, 0.2) is 0 Å². The second-order valence-electron chi connectivity index (χ2n) is 9.69. The molecule has 0 bridgehead atoms. The molecule has 2 aliphatic rings. The largest absolute Gasteiger partial charge is 0.337 e. The van der Waals surface area contributed by atoms with Crippen molar-refractivity contribution < 1.29 is 18.8 Å². The number of benzene rings is 1. The van der Waals surface area contributed by atoms with Gasteiger partial charge in [0.05, 0.1) is 13.1 Å². The summed E-state index contributed by atoms with van der Waals surface area (Å²) in [6, 6.07) is 5.07. The summed E-state index contributed by atoms with van der Waals surface area (Å²) in [5.41, 5.74) is 0.776. The molecule has 2 unspecified atom stereocenters. The molecule has 0 aromatic heterocycles. The maximum absolute atomic E-state index is 13.5. The quantitative estimate of drug-likeness (QED) is 0.545.